The fraction of sp³-hybridized carbons (Fsp3) is 0.571. The Labute approximate surface area is 108 Å². The third kappa shape index (κ3) is 3.62. The van der Waals surface area contributed by atoms with Crippen LogP contribution in [-0.4, -0.2) is 11.6 Å². The third-order valence-corrected chi connectivity index (χ3v) is 3.30. The maximum absolute atomic E-state index is 6.22. The Balaban J connectivity index is 2.05. The molecule has 1 aromatic rings. The average Bonchev–Trinajstić information content (AvgIpc) is 2.11. The highest BCUT2D eigenvalue weighted by molar-refractivity contribution is 6.32. The summed E-state index contributed by atoms with van der Waals surface area (Å²) in [5, 5.41) is 0.693. The fourth-order valence-corrected chi connectivity index (χ4v) is 2.19. The van der Waals surface area contributed by atoms with E-state index in [0.717, 1.165) is 30.6 Å². The Morgan fingerprint density at radius 2 is 2.12 bits per heavy atom. The second-order valence-corrected chi connectivity index (χ2v) is 6.01. The van der Waals surface area contributed by atoms with Gasteiger partial charge in [-0.2, -0.15) is 0 Å². The molecule has 0 unspecified atom stereocenters. The number of nitrogens with two attached hydrogens (primary N) is 1. The van der Waals surface area contributed by atoms with Gasteiger partial charge in [0.1, 0.15) is 5.75 Å². The quantitative estimate of drug-likeness (QED) is 0.891. The molecule has 1 aliphatic rings. The zero-order valence-electron chi connectivity index (χ0n) is 10.5. The Bertz CT molecular complexity index is 394. The summed E-state index contributed by atoms with van der Waals surface area (Å²) < 4.78 is 5.80. The highest BCUT2D eigenvalue weighted by atomic mass is 35.5. The van der Waals surface area contributed by atoms with Crippen molar-refractivity contribution >= 4 is 11.6 Å². The minimum absolute atomic E-state index is 0.209. The molecule has 0 saturated heterocycles. The molecule has 0 aromatic heterocycles. The SMILES string of the molecule is CC(C)(N)Cc1ccc(OC2CCC2)c(Cl)c1. The summed E-state index contributed by atoms with van der Waals surface area (Å²) >= 11 is 6.22. The first-order valence-corrected chi connectivity index (χ1v) is 6.56. The van der Waals surface area contributed by atoms with Crippen LogP contribution < -0.4 is 10.5 Å². The number of hydrogen-bond donors (Lipinski definition) is 1. The minimum Gasteiger partial charge on any atom is -0.489 e. The summed E-state index contributed by atoms with van der Waals surface area (Å²) in [7, 11) is 0. The Morgan fingerprint density at radius 3 is 2.59 bits per heavy atom. The Hall–Kier alpha value is -0.730. The maximum Gasteiger partial charge on any atom is 0.138 e. The van der Waals surface area contributed by atoms with Crippen molar-refractivity contribution in [2.45, 2.75) is 51.2 Å². The molecule has 17 heavy (non-hydrogen) atoms. The Kier molecular flexibility index (Phi) is 3.64. The van der Waals surface area contributed by atoms with E-state index in [4.69, 9.17) is 22.1 Å². The number of halogens is 1. The molecule has 0 radical (unpaired) electrons. The molecule has 1 saturated carbocycles. The van der Waals surface area contributed by atoms with Gasteiger partial charge in [-0.25, -0.2) is 0 Å². The molecule has 0 bridgehead atoms. The lowest BCUT2D eigenvalue weighted by molar-refractivity contribution is 0.120. The van der Waals surface area contributed by atoms with E-state index in [2.05, 4.69) is 6.07 Å². The van der Waals surface area contributed by atoms with Gasteiger partial charge in [-0.1, -0.05) is 17.7 Å². The normalized spacial score (nSPS) is 16.7. The van der Waals surface area contributed by atoms with E-state index in [9.17, 15) is 0 Å². The van der Waals surface area contributed by atoms with Crippen molar-refractivity contribution in [2.75, 3.05) is 0 Å². The second kappa shape index (κ2) is 4.87. The van der Waals surface area contributed by atoms with E-state index in [1.54, 1.807) is 0 Å². The molecule has 0 heterocycles. The van der Waals surface area contributed by atoms with E-state index in [-0.39, 0.29) is 5.54 Å². The van der Waals surface area contributed by atoms with Gasteiger partial charge in [0.25, 0.3) is 0 Å². The van der Waals surface area contributed by atoms with Gasteiger partial charge in [0, 0.05) is 5.54 Å². The van der Waals surface area contributed by atoms with Crippen LogP contribution in [0.1, 0.15) is 38.7 Å². The molecule has 2 nitrogen and oxygen atoms in total. The second-order valence-electron chi connectivity index (χ2n) is 5.60. The van der Waals surface area contributed by atoms with Crippen LogP contribution >= 0.6 is 11.6 Å². The summed E-state index contributed by atoms with van der Waals surface area (Å²) in [5.74, 6) is 0.801. The highest BCUT2D eigenvalue weighted by Gasteiger charge is 2.20. The number of hydrogen-bond acceptors (Lipinski definition) is 2. The van der Waals surface area contributed by atoms with Crippen LogP contribution in [0, 0.1) is 0 Å². The highest BCUT2D eigenvalue weighted by Crippen LogP contribution is 2.31. The molecule has 1 aromatic carbocycles. The lowest BCUT2D eigenvalue weighted by atomic mass is 9.95. The van der Waals surface area contributed by atoms with Gasteiger partial charge in [-0.3, -0.25) is 0 Å². The van der Waals surface area contributed by atoms with Gasteiger partial charge < -0.3 is 10.5 Å². The molecule has 0 spiro atoms. The predicted octanol–water partition coefficient (Wildman–Crippen LogP) is 3.55. The van der Waals surface area contributed by atoms with Crippen LogP contribution in [0.5, 0.6) is 5.75 Å². The topological polar surface area (TPSA) is 35.2 Å². The standard InChI is InChI=1S/C14H20ClNO/c1-14(2,16)9-10-6-7-13(12(15)8-10)17-11-4-3-5-11/h6-8,11H,3-5,9,16H2,1-2H3. The van der Waals surface area contributed by atoms with E-state index in [1.807, 2.05) is 26.0 Å². The molecule has 0 amide bonds. The molecule has 1 aliphatic carbocycles. The van der Waals surface area contributed by atoms with E-state index < -0.39 is 0 Å². The molecule has 94 valence electrons. The maximum atomic E-state index is 6.22. The summed E-state index contributed by atoms with van der Waals surface area (Å²) in [4.78, 5) is 0. The number of rotatable bonds is 4. The Morgan fingerprint density at radius 1 is 1.41 bits per heavy atom. The van der Waals surface area contributed by atoms with Crippen molar-refractivity contribution in [3.8, 4) is 5.75 Å². The minimum atomic E-state index is -0.209. The zero-order chi connectivity index (χ0) is 12.5. The van der Waals surface area contributed by atoms with Crippen molar-refractivity contribution in [2.24, 2.45) is 5.73 Å². The van der Waals surface area contributed by atoms with Crippen LogP contribution in [0.4, 0.5) is 0 Å². The van der Waals surface area contributed by atoms with Crippen molar-refractivity contribution < 1.29 is 4.74 Å². The van der Waals surface area contributed by atoms with Crippen LogP contribution in [0.25, 0.3) is 0 Å². The van der Waals surface area contributed by atoms with Crippen molar-refractivity contribution in [3.05, 3.63) is 28.8 Å². The van der Waals surface area contributed by atoms with Gasteiger partial charge in [-0.15, -0.1) is 0 Å². The molecule has 2 N–H and O–H groups in total. The molecular weight excluding hydrogens is 234 g/mol. The van der Waals surface area contributed by atoms with Gasteiger partial charge in [0.2, 0.25) is 0 Å². The summed E-state index contributed by atoms with van der Waals surface area (Å²) in [6.07, 6.45) is 4.74. The van der Waals surface area contributed by atoms with E-state index >= 15 is 0 Å². The first-order valence-electron chi connectivity index (χ1n) is 6.18. The summed E-state index contributed by atoms with van der Waals surface area (Å²) in [5.41, 5.74) is 6.94. The molecule has 1 fully saturated rings. The van der Waals surface area contributed by atoms with E-state index in [0.29, 0.717) is 11.1 Å². The van der Waals surface area contributed by atoms with Crippen molar-refractivity contribution in [3.63, 3.8) is 0 Å². The monoisotopic (exact) mass is 253 g/mol. The lowest BCUT2D eigenvalue weighted by Crippen LogP contribution is -2.34. The first kappa shape index (κ1) is 12.7. The van der Waals surface area contributed by atoms with Gasteiger partial charge in [0.15, 0.2) is 0 Å². The van der Waals surface area contributed by atoms with Crippen LogP contribution in [0.15, 0.2) is 18.2 Å². The van der Waals surface area contributed by atoms with Gasteiger partial charge >= 0.3 is 0 Å². The lowest BCUT2D eigenvalue weighted by Gasteiger charge is -2.27. The first-order chi connectivity index (χ1) is 7.94. The predicted molar refractivity (Wildman–Crippen MR) is 71.7 cm³/mol. The molecule has 2 rings (SSSR count). The third-order valence-electron chi connectivity index (χ3n) is 3.00. The fourth-order valence-electron chi connectivity index (χ4n) is 1.94. The number of benzene rings is 1. The smallest absolute Gasteiger partial charge is 0.138 e. The van der Waals surface area contributed by atoms with Crippen LogP contribution in [0.3, 0.4) is 0 Å². The van der Waals surface area contributed by atoms with Crippen LogP contribution in [-0.2, 0) is 6.42 Å². The molecule has 3 heteroatoms. The molecular formula is C14H20ClNO. The zero-order valence-corrected chi connectivity index (χ0v) is 11.3. The molecule has 0 aliphatic heterocycles. The van der Waals surface area contributed by atoms with Crippen molar-refractivity contribution in [1.82, 2.24) is 0 Å². The van der Waals surface area contributed by atoms with Crippen molar-refractivity contribution in [1.29, 1.82) is 0 Å². The van der Waals surface area contributed by atoms with Crippen LogP contribution in [0.2, 0.25) is 5.02 Å². The summed E-state index contributed by atoms with van der Waals surface area (Å²) in [6.45, 7) is 4.03. The molecule has 0 atom stereocenters. The van der Waals surface area contributed by atoms with Gasteiger partial charge in [0.05, 0.1) is 11.1 Å². The van der Waals surface area contributed by atoms with Gasteiger partial charge in [-0.05, 0) is 57.2 Å². The number of ether oxygens (including phenoxy) is 1. The average molecular weight is 254 g/mol. The van der Waals surface area contributed by atoms with E-state index in [1.165, 1.54) is 6.42 Å². The largest absolute Gasteiger partial charge is 0.489 e. The summed E-state index contributed by atoms with van der Waals surface area (Å²) in [6, 6.07) is 5.97.